The molecule has 0 atom stereocenters. The number of hydrogen-bond donors (Lipinski definition) is 0. The normalized spacial score (nSPS) is 11.3. The molecule has 0 N–H and O–H groups in total. The van der Waals surface area contributed by atoms with Gasteiger partial charge in [0.2, 0.25) is 0 Å². The SMILES string of the molecule is O=[N+]([O-])C(=Cc1ccc([N+](=O)[O-])o1)c1ccccc1. The van der Waals surface area contributed by atoms with Gasteiger partial charge in [-0.2, -0.15) is 0 Å². The first-order valence-corrected chi connectivity index (χ1v) is 5.23. The minimum atomic E-state index is -0.703. The summed E-state index contributed by atoms with van der Waals surface area (Å²) >= 11 is 0. The Balaban J connectivity index is 2.41. The van der Waals surface area contributed by atoms with Gasteiger partial charge in [-0.15, -0.1) is 0 Å². The topological polar surface area (TPSA) is 99.4 Å². The van der Waals surface area contributed by atoms with Crippen LogP contribution in [0.5, 0.6) is 0 Å². The van der Waals surface area contributed by atoms with E-state index in [0.717, 1.165) is 12.1 Å². The van der Waals surface area contributed by atoms with Crippen molar-refractivity contribution in [2.45, 2.75) is 0 Å². The van der Waals surface area contributed by atoms with Crippen molar-refractivity contribution in [3.05, 3.63) is 74.0 Å². The van der Waals surface area contributed by atoms with Gasteiger partial charge in [-0.25, -0.2) is 0 Å². The summed E-state index contributed by atoms with van der Waals surface area (Å²) in [6.07, 6.45) is 1.16. The van der Waals surface area contributed by atoms with Gasteiger partial charge in [0.1, 0.15) is 10.7 Å². The molecular weight excluding hydrogens is 252 g/mol. The summed E-state index contributed by atoms with van der Waals surface area (Å²) in [5.41, 5.74) is 0.205. The van der Waals surface area contributed by atoms with Gasteiger partial charge in [0, 0.05) is 0 Å². The van der Waals surface area contributed by atoms with E-state index in [1.807, 2.05) is 0 Å². The van der Waals surface area contributed by atoms with E-state index in [1.165, 1.54) is 6.07 Å². The van der Waals surface area contributed by atoms with Crippen molar-refractivity contribution in [2.75, 3.05) is 0 Å². The van der Waals surface area contributed by atoms with Gasteiger partial charge in [-0.3, -0.25) is 20.2 Å². The molecular formula is C12H8N2O5. The largest absolute Gasteiger partial charge is 0.433 e. The van der Waals surface area contributed by atoms with E-state index in [1.54, 1.807) is 30.3 Å². The van der Waals surface area contributed by atoms with Crippen LogP contribution in [0.1, 0.15) is 11.3 Å². The summed E-state index contributed by atoms with van der Waals surface area (Å²) < 4.78 is 4.87. The number of benzene rings is 1. The molecule has 7 nitrogen and oxygen atoms in total. The Bertz CT molecular complexity index is 645. The lowest BCUT2D eigenvalue weighted by Crippen LogP contribution is -1.97. The van der Waals surface area contributed by atoms with Gasteiger partial charge >= 0.3 is 5.88 Å². The van der Waals surface area contributed by atoms with Crippen molar-refractivity contribution in [1.82, 2.24) is 0 Å². The van der Waals surface area contributed by atoms with Crippen LogP contribution in [0.3, 0.4) is 0 Å². The average Bonchev–Trinajstić information content (AvgIpc) is 2.85. The summed E-state index contributed by atoms with van der Waals surface area (Å²) in [5, 5.41) is 21.5. The zero-order valence-electron chi connectivity index (χ0n) is 9.55. The van der Waals surface area contributed by atoms with Gasteiger partial charge in [0.25, 0.3) is 5.70 Å². The van der Waals surface area contributed by atoms with Crippen LogP contribution in [0.25, 0.3) is 11.8 Å². The lowest BCUT2D eigenvalue weighted by atomic mass is 10.1. The number of nitro groups is 2. The Morgan fingerprint density at radius 1 is 1.05 bits per heavy atom. The van der Waals surface area contributed by atoms with Crippen LogP contribution in [-0.4, -0.2) is 9.85 Å². The molecule has 2 aromatic rings. The maximum Gasteiger partial charge on any atom is 0.433 e. The van der Waals surface area contributed by atoms with E-state index in [0.29, 0.717) is 5.56 Å². The minimum absolute atomic E-state index is 0.0576. The van der Waals surface area contributed by atoms with Gasteiger partial charge in [-0.05, 0) is 18.2 Å². The second kappa shape index (κ2) is 5.13. The van der Waals surface area contributed by atoms with Gasteiger partial charge in [0.05, 0.1) is 22.6 Å². The van der Waals surface area contributed by atoms with Crippen LogP contribution in [0.2, 0.25) is 0 Å². The molecule has 0 fully saturated rings. The van der Waals surface area contributed by atoms with Crippen LogP contribution >= 0.6 is 0 Å². The molecule has 96 valence electrons. The highest BCUT2D eigenvalue weighted by molar-refractivity contribution is 5.74. The van der Waals surface area contributed by atoms with E-state index in [9.17, 15) is 20.2 Å². The number of hydrogen-bond acceptors (Lipinski definition) is 5. The molecule has 1 aromatic heterocycles. The fourth-order valence-electron chi connectivity index (χ4n) is 1.50. The molecule has 2 rings (SSSR count). The smallest absolute Gasteiger partial charge is 0.401 e. The van der Waals surface area contributed by atoms with E-state index >= 15 is 0 Å². The Morgan fingerprint density at radius 2 is 1.74 bits per heavy atom. The first kappa shape index (κ1) is 12.5. The highest BCUT2D eigenvalue weighted by Crippen LogP contribution is 2.22. The lowest BCUT2D eigenvalue weighted by molar-refractivity contribution is -0.402. The Labute approximate surface area is 107 Å². The molecule has 7 heteroatoms. The highest BCUT2D eigenvalue weighted by Gasteiger charge is 2.17. The zero-order valence-corrected chi connectivity index (χ0v) is 9.55. The Morgan fingerprint density at radius 3 is 2.26 bits per heavy atom. The van der Waals surface area contributed by atoms with Crippen molar-refractivity contribution in [2.24, 2.45) is 0 Å². The number of nitrogens with zero attached hydrogens (tertiary/aromatic N) is 2. The molecule has 0 aliphatic rings. The zero-order chi connectivity index (χ0) is 13.8. The summed E-state index contributed by atoms with van der Waals surface area (Å²) in [6.45, 7) is 0. The molecule has 0 amide bonds. The molecule has 0 unspecified atom stereocenters. The standard InChI is InChI=1S/C12H8N2O5/c15-13(16)11(9-4-2-1-3-5-9)8-10-6-7-12(19-10)14(17)18/h1-8H. The van der Waals surface area contributed by atoms with Crippen LogP contribution in [0, 0.1) is 20.2 Å². The highest BCUT2D eigenvalue weighted by atomic mass is 16.6. The van der Waals surface area contributed by atoms with Gasteiger partial charge in [0.15, 0.2) is 0 Å². The molecule has 1 heterocycles. The second-order valence-corrected chi connectivity index (χ2v) is 3.59. The summed E-state index contributed by atoms with van der Waals surface area (Å²) in [6, 6.07) is 10.7. The first-order chi connectivity index (χ1) is 9.08. The molecule has 1 aromatic carbocycles. The van der Waals surface area contributed by atoms with Crippen molar-refractivity contribution in [3.63, 3.8) is 0 Å². The van der Waals surface area contributed by atoms with E-state index < -0.39 is 15.7 Å². The third-order valence-electron chi connectivity index (χ3n) is 2.34. The lowest BCUT2D eigenvalue weighted by Gasteiger charge is -1.97. The molecule has 0 saturated carbocycles. The maximum atomic E-state index is 11.0. The molecule has 19 heavy (non-hydrogen) atoms. The van der Waals surface area contributed by atoms with Crippen molar-refractivity contribution < 1.29 is 14.3 Å². The van der Waals surface area contributed by atoms with Crippen LogP contribution in [0.4, 0.5) is 5.88 Å². The van der Waals surface area contributed by atoms with E-state index in [2.05, 4.69) is 0 Å². The van der Waals surface area contributed by atoms with Crippen LogP contribution < -0.4 is 0 Å². The van der Waals surface area contributed by atoms with Crippen LogP contribution in [-0.2, 0) is 0 Å². The summed E-state index contributed by atoms with van der Waals surface area (Å²) in [4.78, 5) is 20.2. The third kappa shape index (κ3) is 2.83. The molecule has 0 saturated heterocycles. The fourth-order valence-corrected chi connectivity index (χ4v) is 1.50. The predicted octanol–water partition coefficient (Wildman–Crippen LogP) is 2.96. The first-order valence-electron chi connectivity index (χ1n) is 5.23. The monoisotopic (exact) mass is 260 g/mol. The predicted molar refractivity (Wildman–Crippen MR) is 66.7 cm³/mol. The molecule has 0 spiro atoms. The van der Waals surface area contributed by atoms with Gasteiger partial charge < -0.3 is 4.42 Å². The quantitative estimate of drug-likeness (QED) is 0.621. The average molecular weight is 260 g/mol. The number of rotatable bonds is 4. The maximum absolute atomic E-state index is 11.0. The third-order valence-corrected chi connectivity index (χ3v) is 2.34. The van der Waals surface area contributed by atoms with Crippen molar-refractivity contribution in [1.29, 1.82) is 0 Å². The molecule has 0 radical (unpaired) electrons. The van der Waals surface area contributed by atoms with Crippen LogP contribution in [0.15, 0.2) is 46.9 Å². The van der Waals surface area contributed by atoms with Crippen molar-refractivity contribution in [3.8, 4) is 0 Å². The fraction of sp³-hybridized carbons (Fsp3) is 0. The summed E-state index contributed by atoms with van der Waals surface area (Å²) in [5.74, 6) is -0.399. The second-order valence-electron chi connectivity index (χ2n) is 3.59. The van der Waals surface area contributed by atoms with E-state index in [4.69, 9.17) is 4.42 Å². The molecule has 0 aliphatic carbocycles. The molecule has 0 bridgehead atoms. The Hall–Kier alpha value is -2.96. The minimum Gasteiger partial charge on any atom is -0.401 e. The number of furan rings is 1. The van der Waals surface area contributed by atoms with Crippen molar-refractivity contribution >= 4 is 17.7 Å². The Kier molecular flexibility index (Phi) is 3.37. The molecule has 0 aliphatic heterocycles. The van der Waals surface area contributed by atoms with Gasteiger partial charge in [-0.1, -0.05) is 18.2 Å². The summed E-state index contributed by atoms with van der Waals surface area (Å²) in [7, 11) is 0. The van der Waals surface area contributed by atoms with E-state index in [-0.39, 0.29) is 11.5 Å².